The molecule has 0 heterocycles. The number of allylic oxidation sites excluding steroid dienone is 1. The highest BCUT2D eigenvalue weighted by atomic mass is 16.5. The lowest BCUT2D eigenvalue weighted by atomic mass is 10.1. The number of nitrogens with one attached hydrogen (secondary N) is 1. The van der Waals surface area contributed by atoms with E-state index in [9.17, 15) is 9.59 Å². The fourth-order valence-electron chi connectivity index (χ4n) is 3.37. The number of rotatable bonds is 15. The second-order valence-electron chi connectivity index (χ2n) is 7.93. The molecule has 0 aromatic heterocycles. The SMILES string of the molecule is CCCCCC/C=C/CC(=O)N[C@@H](CCC(=O)O)COc1cccc(-c2ccccc2)c1. The summed E-state index contributed by atoms with van der Waals surface area (Å²) in [5, 5.41) is 12.0. The molecule has 32 heavy (non-hydrogen) atoms. The summed E-state index contributed by atoms with van der Waals surface area (Å²) in [6.45, 7) is 2.41. The zero-order valence-corrected chi connectivity index (χ0v) is 19.0. The quantitative estimate of drug-likeness (QED) is 0.265. The number of unbranched alkanes of at least 4 members (excludes halogenated alkanes) is 4. The van der Waals surface area contributed by atoms with Crippen LogP contribution in [0.1, 0.15) is 58.3 Å². The summed E-state index contributed by atoms with van der Waals surface area (Å²) < 4.78 is 5.92. The monoisotopic (exact) mass is 437 g/mol. The topological polar surface area (TPSA) is 75.6 Å². The molecule has 0 fully saturated rings. The van der Waals surface area contributed by atoms with Crippen LogP contribution in [0.15, 0.2) is 66.7 Å². The number of carbonyl (C=O) groups excluding carboxylic acids is 1. The summed E-state index contributed by atoms with van der Waals surface area (Å²) >= 11 is 0. The van der Waals surface area contributed by atoms with E-state index >= 15 is 0 Å². The van der Waals surface area contributed by atoms with Gasteiger partial charge >= 0.3 is 5.97 Å². The molecule has 2 aromatic carbocycles. The van der Waals surface area contributed by atoms with Gasteiger partial charge < -0.3 is 15.2 Å². The molecule has 2 rings (SSSR count). The maximum absolute atomic E-state index is 12.3. The van der Waals surface area contributed by atoms with E-state index in [4.69, 9.17) is 9.84 Å². The molecule has 0 aliphatic carbocycles. The fourth-order valence-corrected chi connectivity index (χ4v) is 3.37. The number of ether oxygens (including phenoxy) is 1. The van der Waals surface area contributed by atoms with Crippen LogP contribution in [0.5, 0.6) is 5.75 Å². The highest BCUT2D eigenvalue weighted by Crippen LogP contribution is 2.23. The summed E-state index contributed by atoms with van der Waals surface area (Å²) in [7, 11) is 0. The molecular weight excluding hydrogens is 402 g/mol. The minimum Gasteiger partial charge on any atom is -0.491 e. The Morgan fingerprint density at radius 1 is 1.00 bits per heavy atom. The van der Waals surface area contributed by atoms with Gasteiger partial charge in [-0.1, -0.05) is 80.8 Å². The molecular formula is C27H35NO4. The Hall–Kier alpha value is -3.08. The number of hydrogen-bond donors (Lipinski definition) is 2. The highest BCUT2D eigenvalue weighted by molar-refractivity contribution is 5.77. The molecule has 2 aromatic rings. The first kappa shape index (κ1) is 25.2. The Balaban J connectivity index is 1.87. The van der Waals surface area contributed by atoms with E-state index in [1.54, 1.807) is 0 Å². The molecule has 0 bridgehead atoms. The van der Waals surface area contributed by atoms with Gasteiger partial charge in [-0.25, -0.2) is 0 Å². The maximum Gasteiger partial charge on any atom is 0.303 e. The van der Waals surface area contributed by atoms with Crippen molar-refractivity contribution >= 4 is 11.9 Å². The molecule has 0 spiro atoms. The summed E-state index contributed by atoms with van der Waals surface area (Å²) in [6, 6.07) is 17.4. The normalized spacial score (nSPS) is 11.9. The van der Waals surface area contributed by atoms with Crippen LogP contribution in [-0.2, 0) is 9.59 Å². The molecule has 0 aliphatic heterocycles. The zero-order valence-electron chi connectivity index (χ0n) is 19.0. The fraction of sp³-hybridized carbons (Fsp3) is 0.407. The van der Waals surface area contributed by atoms with E-state index < -0.39 is 5.97 Å². The van der Waals surface area contributed by atoms with Crippen molar-refractivity contribution in [2.45, 2.75) is 64.3 Å². The van der Waals surface area contributed by atoms with E-state index in [1.165, 1.54) is 19.3 Å². The van der Waals surface area contributed by atoms with Gasteiger partial charge in [0.15, 0.2) is 0 Å². The molecule has 2 N–H and O–H groups in total. The van der Waals surface area contributed by atoms with Crippen molar-refractivity contribution in [2.24, 2.45) is 0 Å². The van der Waals surface area contributed by atoms with Gasteiger partial charge in [-0.2, -0.15) is 0 Å². The van der Waals surface area contributed by atoms with E-state index in [0.717, 1.165) is 24.0 Å². The van der Waals surface area contributed by atoms with Crippen LogP contribution in [0.25, 0.3) is 11.1 Å². The summed E-state index contributed by atoms with van der Waals surface area (Å²) in [5.41, 5.74) is 2.13. The van der Waals surface area contributed by atoms with E-state index in [0.29, 0.717) is 18.6 Å². The molecule has 0 aliphatic rings. The molecule has 5 nitrogen and oxygen atoms in total. The molecule has 0 saturated carbocycles. The van der Waals surface area contributed by atoms with Gasteiger partial charge in [0.2, 0.25) is 5.91 Å². The molecule has 172 valence electrons. The third-order valence-electron chi connectivity index (χ3n) is 5.16. The molecule has 1 atom stereocenters. The van der Waals surface area contributed by atoms with Gasteiger partial charge in [-0.05, 0) is 42.5 Å². The molecule has 0 unspecified atom stereocenters. The second kappa shape index (κ2) is 14.8. The van der Waals surface area contributed by atoms with Crippen molar-refractivity contribution in [3.63, 3.8) is 0 Å². The van der Waals surface area contributed by atoms with E-state index in [2.05, 4.69) is 12.2 Å². The van der Waals surface area contributed by atoms with Crippen molar-refractivity contribution < 1.29 is 19.4 Å². The summed E-state index contributed by atoms with van der Waals surface area (Å²) in [5.74, 6) is -0.318. The van der Waals surface area contributed by atoms with Gasteiger partial charge in [-0.15, -0.1) is 0 Å². The van der Waals surface area contributed by atoms with Crippen molar-refractivity contribution in [1.82, 2.24) is 5.32 Å². The molecule has 0 saturated heterocycles. The van der Waals surface area contributed by atoms with Gasteiger partial charge in [0.1, 0.15) is 12.4 Å². The Bertz CT molecular complexity index is 848. The van der Waals surface area contributed by atoms with Gasteiger partial charge in [0.25, 0.3) is 0 Å². The largest absolute Gasteiger partial charge is 0.491 e. The van der Waals surface area contributed by atoms with E-state index in [-0.39, 0.29) is 25.0 Å². The smallest absolute Gasteiger partial charge is 0.303 e. The van der Waals surface area contributed by atoms with Crippen molar-refractivity contribution in [3.05, 3.63) is 66.7 Å². The van der Waals surface area contributed by atoms with E-state index in [1.807, 2.05) is 66.7 Å². The van der Waals surface area contributed by atoms with Crippen LogP contribution < -0.4 is 10.1 Å². The van der Waals surface area contributed by atoms with Crippen LogP contribution in [0.2, 0.25) is 0 Å². The number of carboxylic acid groups (broad SMARTS) is 1. The van der Waals surface area contributed by atoms with Gasteiger partial charge in [0.05, 0.1) is 6.04 Å². The average molecular weight is 438 g/mol. The summed E-state index contributed by atoms with van der Waals surface area (Å²) in [4.78, 5) is 23.3. The second-order valence-corrected chi connectivity index (χ2v) is 7.93. The van der Waals surface area contributed by atoms with Crippen molar-refractivity contribution in [3.8, 4) is 16.9 Å². The minimum absolute atomic E-state index is 0.0222. The number of carbonyl (C=O) groups is 2. The first-order valence-electron chi connectivity index (χ1n) is 11.5. The molecule has 0 radical (unpaired) electrons. The predicted octanol–water partition coefficient (Wildman–Crippen LogP) is 6.00. The lowest BCUT2D eigenvalue weighted by Crippen LogP contribution is -2.39. The average Bonchev–Trinajstić information content (AvgIpc) is 2.81. The predicted molar refractivity (Wildman–Crippen MR) is 129 cm³/mol. The number of amides is 1. The van der Waals surface area contributed by atoms with Crippen LogP contribution >= 0.6 is 0 Å². The number of aliphatic carboxylic acids is 1. The number of hydrogen-bond acceptors (Lipinski definition) is 3. The molecule has 1 amide bonds. The third-order valence-corrected chi connectivity index (χ3v) is 5.16. The van der Waals surface area contributed by atoms with Crippen LogP contribution in [0, 0.1) is 0 Å². The number of carboxylic acids is 1. The Morgan fingerprint density at radius 2 is 1.78 bits per heavy atom. The Morgan fingerprint density at radius 3 is 2.53 bits per heavy atom. The summed E-state index contributed by atoms with van der Waals surface area (Å²) in [6.07, 6.45) is 10.3. The third kappa shape index (κ3) is 10.3. The van der Waals surface area contributed by atoms with Crippen LogP contribution in [-0.4, -0.2) is 29.6 Å². The Labute approximate surface area is 191 Å². The van der Waals surface area contributed by atoms with Gasteiger partial charge in [0, 0.05) is 12.8 Å². The standard InChI is InChI=1S/C27H35NO4/c1-2-3-4-5-6-7-11-17-26(29)28-24(18-19-27(30)31)21-32-25-16-12-15-23(20-25)22-13-9-8-10-14-22/h7-16,20,24H,2-6,17-19,21H2,1H3,(H,28,29)(H,30,31)/b11-7+/t24-/m0/s1. The Kier molecular flexibility index (Phi) is 11.7. The lowest BCUT2D eigenvalue weighted by Gasteiger charge is -2.19. The first-order chi connectivity index (χ1) is 15.6. The lowest BCUT2D eigenvalue weighted by molar-refractivity contribution is -0.137. The maximum atomic E-state index is 12.3. The first-order valence-corrected chi connectivity index (χ1v) is 11.5. The van der Waals surface area contributed by atoms with Crippen molar-refractivity contribution in [1.29, 1.82) is 0 Å². The molecule has 5 heteroatoms. The number of benzene rings is 2. The van der Waals surface area contributed by atoms with Crippen molar-refractivity contribution in [2.75, 3.05) is 6.61 Å². The van der Waals surface area contributed by atoms with Crippen LogP contribution in [0.3, 0.4) is 0 Å². The highest BCUT2D eigenvalue weighted by Gasteiger charge is 2.15. The minimum atomic E-state index is -0.887. The van der Waals surface area contributed by atoms with Gasteiger partial charge in [-0.3, -0.25) is 9.59 Å². The zero-order chi connectivity index (χ0) is 23.0. The van der Waals surface area contributed by atoms with Crippen LogP contribution in [0.4, 0.5) is 0 Å².